The van der Waals surface area contributed by atoms with Gasteiger partial charge in [-0.3, -0.25) is 9.59 Å². The van der Waals surface area contributed by atoms with Gasteiger partial charge in [-0.05, 0) is 41.6 Å². The van der Waals surface area contributed by atoms with E-state index in [1.54, 1.807) is 18.2 Å². The van der Waals surface area contributed by atoms with Crippen LogP contribution < -0.4 is 34.7 Å². The molecule has 0 aliphatic carbocycles. The van der Waals surface area contributed by atoms with Gasteiger partial charge in [-0.1, -0.05) is 54.6 Å². The fraction of sp³-hybridized carbons (Fsp3) is 0.333. The zero-order valence-electron chi connectivity index (χ0n) is 33.2. The molecule has 17 heteroatoms. The summed E-state index contributed by atoms with van der Waals surface area (Å²) in [7, 11) is 1.53. The zero-order valence-corrected chi connectivity index (χ0v) is 33.2. The van der Waals surface area contributed by atoms with Gasteiger partial charge in [-0.15, -0.1) is 0 Å². The third-order valence-electron chi connectivity index (χ3n) is 11.8. The number of H-pyrrole nitrogens is 1. The lowest BCUT2D eigenvalue weighted by Gasteiger charge is -2.52. The fourth-order valence-corrected chi connectivity index (χ4v) is 9.00. The fourth-order valence-electron chi connectivity index (χ4n) is 9.00. The van der Waals surface area contributed by atoms with Crippen molar-refractivity contribution < 1.29 is 68.3 Å². The van der Waals surface area contributed by atoms with E-state index >= 15 is 0 Å². The maximum absolute atomic E-state index is 12.6. The second-order valence-corrected chi connectivity index (χ2v) is 15.5. The summed E-state index contributed by atoms with van der Waals surface area (Å²) >= 11 is 0. The molecule has 0 amide bonds. The molecule has 62 heavy (non-hydrogen) atoms. The number of aromatic nitrogens is 1. The van der Waals surface area contributed by atoms with Crippen molar-refractivity contribution in [2.24, 2.45) is 5.73 Å². The Hall–Kier alpha value is -6.34. The van der Waals surface area contributed by atoms with Crippen molar-refractivity contribution in [2.45, 2.75) is 73.4 Å². The van der Waals surface area contributed by atoms with E-state index in [9.17, 15) is 35.1 Å². The van der Waals surface area contributed by atoms with Crippen molar-refractivity contribution in [1.29, 1.82) is 0 Å². The summed E-state index contributed by atoms with van der Waals surface area (Å²) in [5.74, 6) is -1.27. The maximum Gasteiger partial charge on any atom is 0.317 e. The van der Waals surface area contributed by atoms with Gasteiger partial charge in [0, 0.05) is 46.3 Å². The van der Waals surface area contributed by atoms with Gasteiger partial charge in [0.15, 0.2) is 23.2 Å². The Labute approximate surface area is 354 Å². The number of benzene rings is 4. The van der Waals surface area contributed by atoms with Crippen LogP contribution in [0.4, 0.5) is 0 Å². The molecule has 5 heterocycles. The smallest absolute Gasteiger partial charge is 0.317 e. The van der Waals surface area contributed by atoms with Crippen molar-refractivity contribution in [1.82, 2.24) is 10.3 Å². The number of fused-ring (bicyclic) bond motifs is 6. The molecule has 5 aromatic rings. The molecule has 4 aliphatic rings. The number of carbonyl (C=O) groups excluding carboxylic acids is 1. The Bertz CT molecular complexity index is 2510. The first-order valence-corrected chi connectivity index (χ1v) is 20.1. The van der Waals surface area contributed by atoms with Crippen molar-refractivity contribution in [3.63, 3.8) is 0 Å². The van der Waals surface area contributed by atoms with Gasteiger partial charge in [-0.25, -0.2) is 0 Å². The van der Waals surface area contributed by atoms with E-state index in [0.717, 1.165) is 27.6 Å². The Morgan fingerprint density at radius 2 is 1.74 bits per heavy atom. The van der Waals surface area contributed by atoms with Crippen molar-refractivity contribution in [3.8, 4) is 39.9 Å². The van der Waals surface area contributed by atoms with Gasteiger partial charge in [0.2, 0.25) is 12.0 Å². The average molecular weight is 852 g/mol. The van der Waals surface area contributed by atoms with E-state index in [4.69, 9.17) is 38.9 Å². The number of carboxylic acid groups (broad SMARTS) is 1. The molecule has 0 saturated carbocycles. The number of esters is 1. The minimum Gasteiger partial charge on any atom is -0.493 e. The first kappa shape index (κ1) is 41.0. The van der Waals surface area contributed by atoms with Crippen LogP contribution in [-0.4, -0.2) is 111 Å². The molecule has 1 spiro atoms. The highest BCUT2D eigenvalue weighted by Gasteiger charge is 2.61. The molecule has 324 valence electrons. The van der Waals surface area contributed by atoms with Gasteiger partial charge in [0.05, 0.1) is 19.6 Å². The van der Waals surface area contributed by atoms with Crippen LogP contribution in [0.5, 0.6) is 28.7 Å². The minimum absolute atomic E-state index is 0.000814. The summed E-state index contributed by atoms with van der Waals surface area (Å²) < 4.78 is 43.9. The molecule has 9 N–H and O–H groups in total. The molecule has 1 saturated heterocycles. The molecule has 4 aromatic carbocycles. The van der Waals surface area contributed by atoms with Crippen molar-refractivity contribution in [2.75, 3.05) is 20.3 Å². The predicted molar refractivity (Wildman–Crippen MR) is 219 cm³/mol. The molecular formula is C45H45N3O14. The van der Waals surface area contributed by atoms with Gasteiger partial charge >= 0.3 is 11.9 Å². The molecule has 0 unspecified atom stereocenters. The lowest BCUT2D eigenvalue weighted by atomic mass is 9.79. The van der Waals surface area contributed by atoms with Crippen LogP contribution in [0, 0.1) is 0 Å². The van der Waals surface area contributed by atoms with Crippen molar-refractivity contribution >= 4 is 22.8 Å². The molecule has 1 aromatic heterocycles. The van der Waals surface area contributed by atoms with Gasteiger partial charge in [0.1, 0.15) is 61.2 Å². The highest BCUT2D eigenvalue weighted by Crippen LogP contribution is 2.60. The van der Waals surface area contributed by atoms with Gasteiger partial charge in [0.25, 0.3) is 0 Å². The number of ether oxygens (including phenoxy) is 7. The van der Waals surface area contributed by atoms with Gasteiger partial charge in [-0.2, -0.15) is 0 Å². The number of nitrogens with two attached hydrogens (primary N) is 1. The van der Waals surface area contributed by atoms with Crippen LogP contribution in [-0.2, 0) is 25.5 Å². The van der Waals surface area contributed by atoms with Gasteiger partial charge < -0.3 is 74.7 Å². The molecule has 0 bridgehead atoms. The average Bonchev–Trinajstić information content (AvgIpc) is 3.88. The lowest BCUT2D eigenvalue weighted by Crippen LogP contribution is -2.74. The standard InChI is InChI=1S/C45H45N3O14/c1-56-29-12-11-25-34-30(17-22-7-3-2-4-8-22)59-31-19-23(58-44-37(54)36(53)41(55)45(62-44)13-14-47-43(46)42(45)60-33(52)20-32(50)51)18-26(27-21-48-28-10-6-5-9-24(27)28)35(31)40(34)61-38(25)39(29)57-16-15-49/h2-14,18-19,21,30,34,36-37,40-44,47-49,53-55H,15-17,20,46H2,1H3,(H,50,51)/t30-,34+,36+,37+,40+,41-,42+,43-,44+,45-/m0/s1. The Morgan fingerprint density at radius 3 is 2.52 bits per heavy atom. The number of carboxylic acids is 1. The summed E-state index contributed by atoms with van der Waals surface area (Å²) in [6.07, 6.45) is -7.48. The molecule has 4 aliphatic heterocycles. The minimum atomic E-state index is -2.11. The highest BCUT2D eigenvalue weighted by atomic mass is 16.7. The Balaban J connectivity index is 1.17. The number of para-hydroxylation sites is 1. The van der Waals surface area contributed by atoms with E-state index in [2.05, 4.69) is 10.3 Å². The van der Waals surface area contributed by atoms with Crippen LogP contribution in [0.15, 0.2) is 97.3 Å². The van der Waals surface area contributed by atoms with Crippen LogP contribution in [0.25, 0.3) is 22.0 Å². The maximum atomic E-state index is 12.6. The topological polar surface area (TPSA) is 254 Å². The summed E-state index contributed by atoms with van der Waals surface area (Å²) in [6.45, 7) is -0.234. The SMILES string of the molecule is COc1ccc2c(c1OCCO)O[C@H]1c3c(cc(O[C@@H]4O[C@@]5(C=CN[C@H](N)[C@H]5OC(=O)CC(=O)O)[C@@H](O)[C@H](O)[C@H]4O)cc3-c3c[nH]c4ccccc34)O[C@@H](Cc3ccccc3)[C@@H]21. The number of carbonyl (C=O) groups is 2. The number of methoxy groups -OCH3 is 1. The molecule has 1 fully saturated rings. The Morgan fingerprint density at radius 1 is 0.952 bits per heavy atom. The van der Waals surface area contributed by atoms with Crippen LogP contribution >= 0.6 is 0 Å². The third-order valence-corrected chi connectivity index (χ3v) is 11.8. The molecule has 17 nitrogen and oxygen atoms in total. The summed E-state index contributed by atoms with van der Waals surface area (Å²) in [5.41, 5.74) is 8.90. The van der Waals surface area contributed by atoms with E-state index in [1.165, 1.54) is 19.4 Å². The second-order valence-electron chi connectivity index (χ2n) is 15.5. The number of nitrogens with one attached hydrogen (secondary N) is 2. The monoisotopic (exact) mass is 851 g/mol. The molecule has 0 radical (unpaired) electrons. The zero-order chi connectivity index (χ0) is 43.3. The molecule has 9 rings (SSSR count). The first-order chi connectivity index (χ1) is 30.0. The van der Waals surface area contributed by atoms with Crippen molar-refractivity contribution in [3.05, 3.63) is 114 Å². The van der Waals surface area contributed by atoms with Crippen LogP contribution in [0.3, 0.4) is 0 Å². The predicted octanol–water partition coefficient (Wildman–Crippen LogP) is 2.78. The number of hydrogen-bond acceptors (Lipinski definition) is 15. The van der Waals surface area contributed by atoms with E-state index in [1.807, 2.05) is 66.9 Å². The van der Waals surface area contributed by atoms with E-state index in [-0.39, 0.29) is 24.9 Å². The molecular weight excluding hydrogens is 807 g/mol. The van der Waals surface area contributed by atoms with E-state index < -0.39 is 73.0 Å². The summed E-state index contributed by atoms with van der Waals surface area (Å²) in [5, 5.41) is 56.7. The largest absolute Gasteiger partial charge is 0.493 e. The summed E-state index contributed by atoms with van der Waals surface area (Å²) in [6, 6.07) is 24.7. The normalized spacial score (nSPS) is 28.1. The quantitative estimate of drug-likeness (QED) is 0.0664. The highest BCUT2D eigenvalue weighted by molar-refractivity contribution is 5.97. The number of rotatable bonds is 12. The Kier molecular flexibility index (Phi) is 10.9. The number of aliphatic carboxylic acids is 1. The third kappa shape index (κ3) is 7.11. The summed E-state index contributed by atoms with van der Waals surface area (Å²) in [4.78, 5) is 27.3. The molecule has 10 atom stereocenters. The van der Waals surface area contributed by atoms with Crippen LogP contribution in [0.1, 0.15) is 35.1 Å². The first-order valence-electron chi connectivity index (χ1n) is 20.1. The number of hydrogen-bond donors (Lipinski definition) is 8. The number of aliphatic hydroxyl groups excluding tert-OH is 4. The number of aliphatic hydroxyl groups is 4. The number of aromatic amines is 1. The van der Waals surface area contributed by atoms with Crippen LogP contribution in [0.2, 0.25) is 0 Å². The second kappa shape index (κ2) is 16.5. The van der Waals surface area contributed by atoms with E-state index in [0.29, 0.717) is 40.5 Å². The lowest BCUT2D eigenvalue weighted by molar-refractivity contribution is -0.321.